The molecule has 1 aromatic carbocycles. The lowest BCUT2D eigenvalue weighted by atomic mass is 9.77. The zero-order valence-corrected chi connectivity index (χ0v) is 16.8. The van der Waals surface area contributed by atoms with Crippen LogP contribution in [0.15, 0.2) is 34.7 Å². The Morgan fingerprint density at radius 3 is 2.26 bits per heavy atom. The van der Waals surface area contributed by atoms with Crippen LogP contribution in [0.5, 0.6) is 5.75 Å². The molecular weight excluding hydrogens is 344 g/mol. The largest absolute Gasteiger partial charge is 0.490 e. The van der Waals surface area contributed by atoms with Crippen molar-refractivity contribution in [2.75, 3.05) is 6.61 Å². The number of carboxylic acids is 1. The summed E-state index contributed by atoms with van der Waals surface area (Å²) in [7, 11) is 0. The molecule has 0 aliphatic rings. The van der Waals surface area contributed by atoms with Gasteiger partial charge in [-0.15, -0.1) is 0 Å². The number of aryl methyl sites for hydroxylation is 1. The van der Waals surface area contributed by atoms with Crippen LogP contribution in [0.1, 0.15) is 74.4 Å². The summed E-state index contributed by atoms with van der Waals surface area (Å²) in [5, 5.41) is 19.5. The van der Waals surface area contributed by atoms with Crippen LogP contribution >= 0.6 is 0 Å². The summed E-state index contributed by atoms with van der Waals surface area (Å²) < 4.78 is 11.5. The van der Waals surface area contributed by atoms with Crippen LogP contribution < -0.4 is 4.74 Å². The fraction of sp³-hybridized carbons (Fsp3) is 0.500. The van der Waals surface area contributed by atoms with Crippen LogP contribution in [0.2, 0.25) is 0 Å². The molecule has 5 heteroatoms. The van der Waals surface area contributed by atoms with E-state index in [4.69, 9.17) is 14.3 Å². The standard InChI is InChI=1S/C22H30O5/c1-6-21(5,19-12-11-18(27-19)20(23)24)16-9-10-17(15(4)13-16)26-14-22(25,7-2)8-3/h9-13,25H,6-8,14H2,1-5H3,(H,23,24). The normalized spacial score (nSPS) is 14.0. The summed E-state index contributed by atoms with van der Waals surface area (Å²) in [6.07, 6.45) is 2.03. The van der Waals surface area contributed by atoms with Crippen LogP contribution in [0.3, 0.4) is 0 Å². The number of hydrogen-bond donors (Lipinski definition) is 2. The first kappa shape index (κ1) is 21.0. The monoisotopic (exact) mass is 374 g/mol. The second kappa shape index (κ2) is 8.17. The minimum Gasteiger partial charge on any atom is -0.490 e. The van der Waals surface area contributed by atoms with Crippen LogP contribution in [0, 0.1) is 6.92 Å². The van der Waals surface area contributed by atoms with Crippen molar-refractivity contribution in [3.63, 3.8) is 0 Å². The molecule has 2 rings (SSSR count). The summed E-state index contributed by atoms with van der Waals surface area (Å²) in [5.74, 6) is 0.240. The zero-order valence-electron chi connectivity index (χ0n) is 16.8. The molecule has 0 saturated heterocycles. The van der Waals surface area contributed by atoms with Gasteiger partial charge in [-0.25, -0.2) is 4.79 Å². The molecule has 0 bridgehead atoms. The first-order chi connectivity index (χ1) is 12.7. The SMILES string of the molecule is CCC(O)(CC)COc1ccc(C(C)(CC)c2ccc(C(=O)O)o2)cc1C. The minimum absolute atomic E-state index is 0.0558. The molecule has 0 radical (unpaired) electrons. The predicted molar refractivity (Wildman–Crippen MR) is 105 cm³/mol. The lowest BCUT2D eigenvalue weighted by Gasteiger charge is -2.28. The van der Waals surface area contributed by atoms with Gasteiger partial charge in [0.05, 0.1) is 11.0 Å². The molecule has 5 nitrogen and oxygen atoms in total. The highest BCUT2D eigenvalue weighted by Crippen LogP contribution is 2.38. The number of furan rings is 1. The van der Waals surface area contributed by atoms with E-state index in [9.17, 15) is 9.90 Å². The van der Waals surface area contributed by atoms with Gasteiger partial charge in [0.25, 0.3) is 0 Å². The zero-order chi connectivity index (χ0) is 20.2. The third kappa shape index (κ3) is 4.35. The Bertz CT molecular complexity index is 788. The molecule has 0 aliphatic carbocycles. The van der Waals surface area contributed by atoms with E-state index in [1.54, 1.807) is 6.07 Å². The molecule has 1 aromatic heterocycles. The Morgan fingerprint density at radius 1 is 1.11 bits per heavy atom. The lowest BCUT2D eigenvalue weighted by molar-refractivity contribution is -0.0115. The minimum atomic E-state index is -1.07. The molecule has 2 aromatic rings. The fourth-order valence-corrected chi connectivity index (χ4v) is 3.09. The maximum Gasteiger partial charge on any atom is 0.371 e. The van der Waals surface area contributed by atoms with Crippen LogP contribution in [-0.4, -0.2) is 28.4 Å². The van der Waals surface area contributed by atoms with Crippen molar-refractivity contribution in [3.8, 4) is 5.75 Å². The van der Waals surface area contributed by atoms with Gasteiger partial charge < -0.3 is 19.4 Å². The van der Waals surface area contributed by atoms with Gasteiger partial charge in [0.2, 0.25) is 5.76 Å². The average molecular weight is 374 g/mol. The van der Waals surface area contributed by atoms with Gasteiger partial charge in [0, 0.05) is 0 Å². The van der Waals surface area contributed by atoms with E-state index in [0.717, 1.165) is 23.3 Å². The molecule has 0 spiro atoms. The molecule has 148 valence electrons. The van der Waals surface area contributed by atoms with Gasteiger partial charge in [0.15, 0.2) is 0 Å². The van der Waals surface area contributed by atoms with Crippen molar-refractivity contribution in [3.05, 3.63) is 53.0 Å². The molecule has 0 saturated carbocycles. The summed E-state index contributed by atoms with van der Waals surface area (Å²) in [4.78, 5) is 11.1. The van der Waals surface area contributed by atoms with E-state index >= 15 is 0 Å². The maximum absolute atomic E-state index is 11.1. The second-order valence-corrected chi connectivity index (χ2v) is 7.36. The number of ether oxygens (including phenoxy) is 1. The molecule has 0 aliphatic heterocycles. The molecule has 2 N–H and O–H groups in total. The van der Waals surface area contributed by atoms with E-state index in [1.165, 1.54) is 6.07 Å². The lowest BCUT2D eigenvalue weighted by Crippen LogP contribution is -2.34. The highest BCUT2D eigenvalue weighted by molar-refractivity contribution is 5.84. The predicted octanol–water partition coefficient (Wildman–Crippen LogP) is 4.93. The molecular formula is C22H30O5. The molecule has 27 heavy (non-hydrogen) atoms. The average Bonchev–Trinajstić information content (AvgIpc) is 3.17. The fourth-order valence-electron chi connectivity index (χ4n) is 3.09. The van der Waals surface area contributed by atoms with E-state index < -0.39 is 17.0 Å². The number of hydrogen-bond acceptors (Lipinski definition) is 4. The van der Waals surface area contributed by atoms with E-state index in [1.807, 2.05) is 52.8 Å². The summed E-state index contributed by atoms with van der Waals surface area (Å²) >= 11 is 0. The third-order valence-corrected chi connectivity index (χ3v) is 5.69. The summed E-state index contributed by atoms with van der Waals surface area (Å²) in [5.41, 5.74) is 0.740. The van der Waals surface area contributed by atoms with Gasteiger partial charge in [-0.2, -0.15) is 0 Å². The Kier molecular flexibility index (Phi) is 6.37. The molecule has 0 amide bonds. The smallest absolute Gasteiger partial charge is 0.371 e. The number of aromatic carboxylic acids is 1. The van der Waals surface area contributed by atoms with E-state index in [-0.39, 0.29) is 12.4 Å². The molecule has 1 heterocycles. The maximum atomic E-state index is 11.1. The van der Waals surface area contributed by atoms with Crippen molar-refractivity contribution in [1.82, 2.24) is 0 Å². The number of carbonyl (C=O) groups is 1. The van der Waals surface area contributed by atoms with Crippen molar-refractivity contribution < 1.29 is 24.2 Å². The number of carboxylic acid groups (broad SMARTS) is 1. The highest BCUT2D eigenvalue weighted by atomic mass is 16.5. The summed E-state index contributed by atoms with van der Waals surface area (Å²) in [6, 6.07) is 9.15. The van der Waals surface area contributed by atoms with Gasteiger partial charge in [0.1, 0.15) is 18.1 Å². The van der Waals surface area contributed by atoms with Crippen molar-refractivity contribution in [1.29, 1.82) is 0 Å². The van der Waals surface area contributed by atoms with Crippen LogP contribution in [0.25, 0.3) is 0 Å². The molecule has 1 atom stereocenters. The van der Waals surface area contributed by atoms with Crippen LogP contribution in [-0.2, 0) is 5.41 Å². The van der Waals surface area contributed by atoms with E-state index in [2.05, 4.69) is 0 Å². The first-order valence-corrected chi connectivity index (χ1v) is 9.49. The molecule has 1 unspecified atom stereocenters. The Morgan fingerprint density at radius 2 is 1.78 bits per heavy atom. The van der Waals surface area contributed by atoms with Crippen molar-refractivity contribution >= 4 is 5.97 Å². The van der Waals surface area contributed by atoms with Gasteiger partial charge >= 0.3 is 5.97 Å². The van der Waals surface area contributed by atoms with Gasteiger partial charge in [-0.05, 0) is 62.4 Å². The number of benzene rings is 1. The van der Waals surface area contributed by atoms with Gasteiger partial charge in [-0.1, -0.05) is 32.9 Å². The Labute approximate surface area is 161 Å². The number of rotatable bonds is 9. The highest BCUT2D eigenvalue weighted by Gasteiger charge is 2.32. The molecule has 0 fully saturated rings. The number of aliphatic hydroxyl groups is 1. The Hall–Kier alpha value is -2.27. The van der Waals surface area contributed by atoms with Crippen molar-refractivity contribution in [2.24, 2.45) is 0 Å². The van der Waals surface area contributed by atoms with Gasteiger partial charge in [-0.3, -0.25) is 0 Å². The Balaban J connectivity index is 2.29. The van der Waals surface area contributed by atoms with Crippen LogP contribution in [0.4, 0.5) is 0 Å². The second-order valence-electron chi connectivity index (χ2n) is 7.36. The summed E-state index contributed by atoms with van der Waals surface area (Å²) in [6.45, 7) is 10.2. The topological polar surface area (TPSA) is 79.9 Å². The van der Waals surface area contributed by atoms with Crippen molar-refractivity contribution in [2.45, 2.75) is 64.9 Å². The third-order valence-electron chi connectivity index (χ3n) is 5.69. The first-order valence-electron chi connectivity index (χ1n) is 9.49. The quantitative estimate of drug-likeness (QED) is 0.650. The van der Waals surface area contributed by atoms with E-state index in [0.29, 0.717) is 18.6 Å².